The number of esters is 1. The molecule has 0 spiro atoms. The summed E-state index contributed by atoms with van der Waals surface area (Å²) in [5.41, 5.74) is 1.63. The number of halogens is 1. The number of carbonyl (C=O) groups is 1. The zero-order valence-corrected chi connectivity index (χ0v) is 11.9. The fraction of sp³-hybridized carbons (Fsp3) is 0.375. The molecule has 1 aliphatic rings. The Bertz CT molecular complexity index is 674. The summed E-state index contributed by atoms with van der Waals surface area (Å²) in [7, 11) is 1.42. The Kier molecular flexibility index (Phi) is 3.73. The van der Waals surface area contributed by atoms with Gasteiger partial charge in [-0.15, -0.1) is 0 Å². The molecule has 0 saturated carbocycles. The van der Waals surface area contributed by atoms with Gasteiger partial charge >= 0.3 is 5.97 Å². The highest BCUT2D eigenvalue weighted by atomic mass is 19.1. The summed E-state index contributed by atoms with van der Waals surface area (Å²) in [6.07, 6.45) is 3.46. The number of fused-ring (bicyclic) bond motifs is 1. The summed E-state index contributed by atoms with van der Waals surface area (Å²) < 4.78 is 18.2. The van der Waals surface area contributed by atoms with Gasteiger partial charge in [0.2, 0.25) is 0 Å². The summed E-state index contributed by atoms with van der Waals surface area (Å²) in [5, 5.41) is 0.907. The third kappa shape index (κ3) is 2.68. The number of nitrogens with zero attached hydrogens (tertiary/aromatic N) is 2. The van der Waals surface area contributed by atoms with Gasteiger partial charge in [0.15, 0.2) is 0 Å². The van der Waals surface area contributed by atoms with E-state index in [-0.39, 0.29) is 17.7 Å². The molecular weight excluding hydrogens is 271 g/mol. The zero-order chi connectivity index (χ0) is 14.8. The van der Waals surface area contributed by atoms with E-state index in [1.807, 2.05) is 6.07 Å². The van der Waals surface area contributed by atoms with Crippen LogP contribution < -0.4 is 4.90 Å². The second-order valence-corrected chi connectivity index (χ2v) is 5.30. The number of hydrogen-bond acceptors (Lipinski definition) is 4. The average Bonchev–Trinajstić information content (AvgIpc) is 2.53. The molecule has 0 unspecified atom stereocenters. The van der Waals surface area contributed by atoms with E-state index in [9.17, 15) is 9.18 Å². The van der Waals surface area contributed by atoms with Crippen molar-refractivity contribution >= 4 is 22.6 Å². The highest BCUT2D eigenvalue weighted by molar-refractivity contribution is 5.91. The SMILES string of the molecule is COC(=O)[C@H]1CCCN(c2ccnc3cc(F)ccc23)C1. The molecule has 1 atom stereocenters. The molecule has 2 heterocycles. The van der Waals surface area contributed by atoms with E-state index in [4.69, 9.17) is 4.74 Å². The average molecular weight is 288 g/mol. The van der Waals surface area contributed by atoms with Crippen molar-refractivity contribution in [1.82, 2.24) is 4.98 Å². The van der Waals surface area contributed by atoms with Crippen LogP contribution in [-0.4, -0.2) is 31.2 Å². The lowest BCUT2D eigenvalue weighted by atomic mass is 9.97. The van der Waals surface area contributed by atoms with Crippen molar-refractivity contribution in [1.29, 1.82) is 0 Å². The number of hydrogen-bond donors (Lipinski definition) is 0. The molecule has 1 saturated heterocycles. The van der Waals surface area contributed by atoms with E-state index in [0.717, 1.165) is 30.5 Å². The Balaban J connectivity index is 1.94. The second kappa shape index (κ2) is 5.68. The van der Waals surface area contributed by atoms with Gasteiger partial charge in [0.05, 0.1) is 18.5 Å². The van der Waals surface area contributed by atoms with E-state index in [1.54, 1.807) is 12.3 Å². The number of methoxy groups -OCH3 is 1. The van der Waals surface area contributed by atoms with Crippen LogP contribution >= 0.6 is 0 Å². The second-order valence-electron chi connectivity index (χ2n) is 5.30. The normalized spacial score (nSPS) is 18.8. The van der Waals surface area contributed by atoms with Crippen LogP contribution in [0.2, 0.25) is 0 Å². The van der Waals surface area contributed by atoms with Gasteiger partial charge in [-0.05, 0) is 31.0 Å². The maximum Gasteiger partial charge on any atom is 0.310 e. The minimum atomic E-state index is -0.293. The predicted octanol–water partition coefficient (Wildman–Crippen LogP) is 2.76. The quantitative estimate of drug-likeness (QED) is 0.797. The summed E-state index contributed by atoms with van der Waals surface area (Å²) in [4.78, 5) is 18.1. The molecule has 0 radical (unpaired) electrons. The molecule has 2 aromatic rings. The van der Waals surface area contributed by atoms with Crippen molar-refractivity contribution in [3.8, 4) is 0 Å². The van der Waals surface area contributed by atoms with Gasteiger partial charge in [-0.3, -0.25) is 9.78 Å². The summed E-state index contributed by atoms with van der Waals surface area (Å²) in [5.74, 6) is -0.560. The molecule has 0 amide bonds. The van der Waals surface area contributed by atoms with Crippen LogP contribution in [0.5, 0.6) is 0 Å². The van der Waals surface area contributed by atoms with Gasteiger partial charge < -0.3 is 9.64 Å². The van der Waals surface area contributed by atoms with E-state index in [0.29, 0.717) is 12.1 Å². The zero-order valence-electron chi connectivity index (χ0n) is 11.9. The first kappa shape index (κ1) is 13.8. The molecule has 110 valence electrons. The van der Waals surface area contributed by atoms with Crippen LogP contribution in [0.15, 0.2) is 30.5 Å². The number of rotatable bonds is 2. The number of aromatic nitrogens is 1. The van der Waals surface area contributed by atoms with E-state index < -0.39 is 0 Å². The molecule has 0 bridgehead atoms. The Morgan fingerprint density at radius 2 is 2.29 bits per heavy atom. The van der Waals surface area contributed by atoms with Gasteiger partial charge in [-0.25, -0.2) is 4.39 Å². The number of benzene rings is 1. The first-order valence-electron chi connectivity index (χ1n) is 7.06. The van der Waals surface area contributed by atoms with Gasteiger partial charge in [-0.1, -0.05) is 0 Å². The van der Waals surface area contributed by atoms with Crippen molar-refractivity contribution in [3.05, 3.63) is 36.3 Å². The molecule has 21 heavy (non-hydrogen) atoms. The lowest BCUT2D eigenvalue weighted by Gasteiger charge is -2.33. The molecule has 1 aliphatic heterocycles. The van der Waals surface area contributed by atoms with E-state index in [2.05, 4.69) is 9.88 Å². The highest BCUT2D eigenvalue weighted by Gasteiger charge is 2.27. The first-order valence-corrected chi connectivity index (χ1v) is 7.06. The Labute approximate surface area is 122 Å². The van der Waals surface area contributed by atoms with Crippen LogP contribution in [-0.2, 0) is 9.53 Å². The first-order chi connectivity index (χ1) is 10.2. The van der Waals surface area contributed by atoms with Crippen molar-refractivity contribution < 1.29 is 13.9 Å². The number of anilines is 1. The fourth-order valence-electron chi connectivity index (χ4n) is 2.94. The molecule has 3 rings (SSSR count). The van der Waals surface area contributed by atoms with Crippen molar-refractivity contribution in [2.45, 2.75) is 12.8 Å². The van der Waals surface area contributed by atoms with Crippen molar-refractivity contribution in [2.24, 2.45) is 5.92 Å². The third-order valence-electron chi connectivity index (χ3n) is 3.98. The van der Waals surface area contributed by atoms with Gasteiger partial charge in [0.1, 0.15) is 5.82 Å². The lowest BCUT2D eigenvalue weighted by Crippen LogP contribution is -2.39. The molecule has 0 aliphatic carbocycles. The van der Waals surface area contributed by atoms with Gasteiger partial charge in [0.25, 0.3) is 0 Å². The molecular formula is C16H17FN2O2. The maximum absolute atomic E-state index is 13.3. The van der Waals surface area contributed by atoms with Crippen LogP contribution in [0.3, 0.4) is 0 Å². The highest BCUT2D eigenvalue weighted by Crippen LogP contribution is 2.30. The number of piperidine rings is 1. The van der Waals surface area contributed by atoms with Crippen LogP contribution in [0.1, 0.15) is 12.8 Å². The topological polar surface area (TPSA) is 42.4 Å². The molecule has 1 aromatic carbocycles. The molecule has 1 aromatic heterocycles. The number of ether oxygens (including phenoxy) is 1. The summed E-state index contributed by atoms with van der Waals surface area (Å²) >= 11 is 0. The summed E-state index contributed by atoms with van der Waals surface area (Å²) in [6.45, 7) is 1.51. The molecule has 1 fully saturated rings. The Morgan fingerprint density at radius 3 is 3.10 bits per heavy atom. The Morgan fingerprint density at radius 1 is 1.43 bits per heavy atom. The molecule has 0 N–H and O–H groups in total. The smallest absolute Gasteiger partial charge is 0.310 e. The van der Waals surface area contributed by atoms with Crippen LogP contribution in [0.4, 0.5) is 10.1 Å². The van der Waals surface area contributed by atoms with Crippen molar-refractivity contribution in [3.63, 3.8) is 0 Å². The third-order valence-corrected chi connectivity index (χ3v) is 3.98. The number of carbonyl (C=O) groups excluding carboxylic acids is 1. The minimum absolute atomic E-state index is 0.104. The molecule has 5 heteroatoms. The lowest BCUT2D eigenvalue weighted by molar-refractivity contribution is -0.145. The maximum atomic E-state index is 13.3. The number of pyridine rings is 1. The van der Waals surface area contributed by atoms with E-state index >= 15 is 0 Å². The summed E-state index contributed by atoms with van der Waals surface area (Å²) in [6, 6.07) is 6.53. The monoisotopic (exact) mass is 288 g/mol. The van der Waals surface area contributed by atoms with Crippen molar-refractivity contribution in [2.75, 3.05) is 25.1 Å². The predicted molar refractivity (Wildman–Crippen MR) is 78.7 cm³/mol. The molecule has 4 nitrogen and oxygen atoms in total. The van der Waals surface area contributed by atoms with Crippen LogP contribution in [0, 0.1) is 11.7 Å². The Hall–Kier alpha value is -2.17. The van der Waals surface area contributed by atoms with Gasteiger partial charge in [0, 0.05) is 36.4 Å². The van der Waals surface area contributed by atoms with Crippen LogP contribution in [0.25, 0.3) is 10.9 Å². The van der Waals surface area contributed by atoms with E-state index in [1.165, 1.54) is 19.2 Å². The largest absolute Gasteiger partial charge is 0.469 e. The standard InChI is InChI=1S/C16H17FN2O2/c1-21-16(20)11-3-2-8-19(10-11)15-6-7-18-14-9-12(17)4-5-13(14)15/h4-7,9,11H,2-3,8,10H2,1H3/t11-/m0/s1. The minimum Gasteiger partial charge on any atom is -0.469 e. The fourth-order valence-corrected chi connectivity index (χ4v) is 2.94. The van der Waals surface area contributed by atoms with Gasteiger partial charge in [-0.2, -0.15) is 0 Å².